The zero-order valence-electron chi connectivity index (χ0n) is 16.6. The molecule has 0 aromatic carbocycles. The minimum atomic E-state index is -4.59. The Morgan fingerprint density at radius 1 is 1.17 bits per heavy atom. The topological polar surface area (TPSA) is 67.2 Å². The van der Waals surface area contributed by atoms with Crippen LogP contribution in [-0.2, 0) is 4.74 Å². The van der Waals surface area contributed by atoms with E-state index >= 15 is 0 Å². The monoisotopic (exact) mass is 424 g/mol. The molecule has 2 aliphatic rings. The fourth-order valence-electron chi connectivity index (χ4n) is 4.40. The molecule has 162 valence electrons. The molecule has 30 heavy (non-hydrogen) atoms. The van der Waals surface area contributed by atoms with Gasteiger partial charge in [-0.25, -0.2) is 9.78 Å². The number of pyridine rings is 1. The Hall–Kier alpha value is -2.78. The molecule has 1 unspecified atom stereocenters. The van der Waals surface area contributed by atoms with Crippen LogP contribution in [0.1, 0.15) is 43.1 Å². The number of likely N-dealkylation sites (tertiary alicyclic amines) is 2. The zero-order chi connectivity index (χ0) is 21.5. The minimum absolute atomic E-state index is 0.118. The van der Waals surface area contributed by atoms with Gasteiger partial charge in [0.25, 0.3) is 5.91 Å². The fraction of sp³-hybridized carbons (Fsp3) is 0.550. The van der Waals surface area contributed by atoms with Gasteiger partial charge in [-0.1, -0.05) is 6.07 Å². The first kappa shape index (κ1) is 20.5. The van der Waals surface area contributed by atoms with Crippen LogP contribution >= 0.6 is 0 Å². The first-order valence-electron chi connectivity index (χ1n) is 9.98. The Morgan fingerprint density at radius 2 is 1.90 bits per heavy atom. The second-order valence-electron chi connectivity index (χ2n) is 7.91. The van der Waals surface area contributed by atoms with Crippen LogP contribution in [0, 0.1) is 0 Å². The molecular weight excluding hydrogens is 401 g/mol. The van der Waals surface area contributed by atoms with Crippen molar-refractivity contribution in [2.45, 2.75) is 50.4 Å². The van der Waals surface area contributed by atoms with Crippen LogP contribution < -0.4 is 0 Å². The van der Waals surface area contributed by atoms with Crippen LogP contribution in [0.5, 0.6) is 0 Å². The van der Waals surface area contributed by atoms with E-state index in [2.05, 4.69) is 9.72 Å². The van der Waals surface area contributed by atoms with Gasteiger partial charge in [0.15, 0.2) is 6.10 Å². The molecule has 2 fully saturated rings. The summed E-state index contributed by atoms with van der Waals surface area (Å²) < 4.78 is 44.3. The normalized spacial score (nSPS) is 20.0. The molecule has 0 saturated carbocycles. The summed E-state index contributed by atoms with van der Waals surface area (Å²) in [5, 5.41) is 0. The van der Waals surface area contributed by atoms with E-state index in [1.54, 1.807) is 16.8 Å². The number of halogens is 3. The molecule has 4 rings (SSSR count). The molecule has 0 aliphatic carbocycles. The summed E-state index contributed by atoms with van der Waals surface area (Å²) >= 11 is 0. The number of imidazole rings is 1. The van der Waals surface area contributed by atoms with Crippen LogP contribution in [0.15, 0.2) is 30.6 Å². The summed E-state index contributed by atoms with van der Waals surface area (Å²) in [7, 11) is 0. The lowest BCUT2D eigenvalue weighted by Crippen LogP contribution is -2.55. The number of ether oxygens (including phenoxy) is 1. The summed E-state index contributed by atoms with van der Waals surface area (Å²) in [5.74, 6) is -0.118. The quantitative estimate of drug-likeness (QED) is 0.740. The van der Waals surface area contributed by atoms with E-state index in [0.29, 0.717) is 30.7 Å². The molecule has 0 N–H and O–H groups in total. The Bertz CT molecular complexity index is 950. The van der Waals surface area contributed by atoms with E-state index in [0.717, 1.165) is 19.8 Å². The molecular formula is C20H23F3N4O3. The van der Waals surface area contributed by atoms with Crippen LogP contribution in [0.25, 0.3) is 5.65 Å². The first-order valence-corrected chi connectivity index (χ1v) is 9.98. The van der Waals surface area contributed by atoms with E-state index in [-0.39, 0.29) is 19.0 Å². The fourth-order valence-corrected chi connectivity index (χ4v) is 4.40. The molecule has 1 spiro atoms. The highest BCUT2D eigenvalue weighted by Gasteiger charge is 2.47. The van der Waals surface area contributed by atoms with Crippen molar-refractivity contribution in [1.29, 1.82) is 0 Å². The highest BCUT2D eigenvalue weighted by atomic mass is 19.4. The number of nitrogens with zero attached hydrogens (tertiary/aromatic N) is 4. The molecule has 0 bridgehead atoms. The number of amides is 2. The second-order valence-corrected chi connectivity index (χ2v) is 7.91. The number of alkyl halides is 3. The molecule has 4 heterocycles. The van der Waals surface area contributed by atoms with Crippen molar-refractivity contribution < 1.29 is 27.5 Å². The Balaban J connectivity index is 1.45. The summed E-state index contributed by atoms with van der Waals surface area (Å²) in [5.41, 5.74) is 0.765. The van der Waals surface area contributed by atoms with E-state index < -0.39 is 23.9 Å². The van der Waals surface area contributed by atoms with Gasteiger partial charge in [-0.3, -0.25) is 9.20 Å². The van der Waals surface area contributed by atoms with E-state index in [9.17, 15) is 22.8 Å². The van der Waals surface area contributed by atoms with Crippen molar-refractivity contribution in [3.63, 3.8) is 0 Å². The number of carbonyl (C=O) groups is 2. The van der Waals surface area contributed by atoms with Crippen LogP contribution in [0.3, 0.4) is 0 Å². The Morgan fingerprint density at radius 3 is 2.60 bits per heavy atom. The van der Waals surface area contributed by atoms with Crippen molar-refractivity contribution in [2.75, 3.05) is 19.6 Å². The average molecular weight is 424 g/mol. The maximum atomic E-state index is 13.3. The van der Waals surface area contributed by atoms with Crippen LogP contribution in [0.4, 0.5) is 18.0 Å². The third kappa shape index (κ3) is 3.59. The number of hydrogen-bond donors (Lipinski definition) is 0. The molecule has 10 heteroatoms. The lowest BCUT2D eigenvalue weighted by atomic mass is 9.85. The molecule has 0 radical (unpaired) electrons. The molecule has 7 nitrogen and oxygen atoms in total. The molecule has 2 aliphatic heterocycles. The van der Waals surface area contributed by atoms with Gasteiger partial charge in [0, 0.05) is 31.4 Å². The lowest BCUT2D eigenvalue weighted by Gasteiger charge is -2.44. The van der Waals surface area contributed by atoms with Gasteiger partial charge in [-0.2, -0.15) is 13.2 Å². The summed E-state index contributed by atoms with van der Waals surface area (Å²) in [6.45, 7) is 1.92. The summed E-state index contributed by atoms with van der Waals surface area (Å²) in [6, 6.07) is 5.50. The standard InChI is InChI=1S/C20H23F3N4O3/c1-14(20(21,22)23)30-18(29)25-11-7-19(8-12-25)6-4-10-27(19)17(28)15-13-24-16-5-2-3-9-26(15)16/h2-3,5,9,13-14H,4,6-8,10-12H2,1H3. The Kier molecular flexibility index (Phi) is 5.11. The third-order valence-corrected chi connectivity index (χ3v) is 6.17. The summed E-state index contributed by atoms with van der Waals surface area (Å²) in [6.07, 6.45) is -1.69. The predicted octanol–water partition coefficient (Wildman–Crippen LogP) is 3.49. The maximum Gasteiger partial charge on any atom is 0.425 e. The van der Waals surface area contributed by atoms with E-state index in [1.165, 1.54) is 4.90 Å². The minimum Gasteiger partial charge on any atom is -0.437 e. The van der Waals surface area contributed by atoms with Crippen LogP contribution in [0.2, 0.25) is 0 Å². The van der Waals surface area contributed by atoms with Crippen molar-refractivity contribution in [3.05, 3.63) is 36.3 Å². The van der Waals surface area contributed by atoms with Crippen molar-refractivity contribution in [2.24, 2.45) is 0 Å². The highest BCUT2D eigenvalue weighted by molar-refractivity contribution is 5.94. The average Bonchev–Trinajstić information content (AvgIpc) is 3.32. The third-order valence-electron chi connectivity index (χ3n) is 6.17. The lowest BCUT2D eigenvalue weighted by molar-refractivity contribution is -0.200. The number of aromatic nitrogens is 2. The number of carbonyl (C=O) groups excluding carboxylic acids is 2. The van der Waals surface area contributed by atoms with Gasteiger partial charge in [-0.15, -0.1) is 0 Å². The predicted molar refractivity (Wildman–Crippen MR) is 101 cm³/mol. The van der Waals surface area contributed by atoms with Crippen LogP contribution in [-0.4, -0.2) is 68.6 Å². The summed E-state index contributed by atoms with van der Waals surface area (Å²) in [4.78, 5) is 32.8. The van der Waals surface area contributed by atoms with Crippen molar-refractivity contribution >= 4 is 17.6 Å². The van der Waals surface area contributed by atoms with Gasteiger partial charge < -0.3 is 14.5 Å². The molecule has 2 aromatic rings. The second kappa shape index (κ2) is 7.48. The highest BCUT2D eigenvalue weighted by Crippen LogP contribution is 2.39. The molecule has 2 aromatic heterocycles. The van der Waals surface area contributed by atoms with E-state index in [4.69, 9.17) is 0 Å². The number of hydrogen-bond acceptors (Lipinski definition) is 4. The number of fused-ring (bicyclic) bond motifs is 1. The smallest absolute Gasteiger partial charge is 0.425 e. The van der Waals surface area contributed by atoms with Gasteiger partial charge in [0.2, 0.25) is 0 Å². The zero-order valence-corrected chi connectivity index (χ0v) is 16.6. The van der Waals surface area contributed by atoms with Crippen molar-refractivity contribution in [1.82, 2.24) is 19.2 Å². The largest absolute Gasteiger partial charge is 0.437 e. The van der Waals surface area contributed by atoms with Gasteiger partial charge in [0.05, 0.1) is 6.20 Å². The molecule has 1 atom stereocenters. The van der Waals surface area contributed by atoms with Crippen molar-refractivity contribution in [3.8, 4) is 0 Å². The van der Waals surface area contributed by atoms with Gasteiger partial charge in [-0.05, 0) is 44.7 Å². The van der Waals surface area contributed by atoms with Gasteiger partial charge >= 0.3 is 12.3 Å². The number of piperidine rings is 1. The van der Waals surface area contributed by atoms with E-state index in [1.807, 2.05) is 23.1 Å². The first-order chi connectivity index (χ1) is 14.2. The molecule has 2 saturated heterocycles. The van der Waals surface area contributed by atoms with Gasteiger partial charge in [0.1, 0.15) is 11.3 Å². The maximum absolute atomic E-state index is 13.3. The Labute approximate surface area is 171 Å². The molecule has 2 amide bonds. The SMILES string of the molecule is CC(OC(=O)N1CCC2(CCCN2C(=O)c2cnc3ccccn23)CC1)C(F)(F)F. The number of rotatable bonds is 2.